The zero-order valence-electron chi connectivity index (χ0n) is 10.4. The maximum absolute atomic E-state index is 5.97. The Hall–Kier alpha value is -1.20. The molecule has 100 valence electrons. The van der Waals surface area contributed by atoms with Crippen molar-refractivity contribution in [1.82, 2.24) is 9.97 Å². The zero-order valence-corrected chi connectivity index (χ0v) is 11.9. The largest absolute Gasteiger partial charge is 0.350 e. The normalized spacial score (nSPS) is 11.0. The van der Waals surface area contributed by atoms with Gasteiger partial charge in [0, 0.05) is 36.0 Å². The number of aromatic nitrogens is 2. The third-order valence-electron chi connectivity index (χ3n) is 2.47. The Morgan fingerprint density at radius 1 is 1.05 bits per heavy atom. The molecule has 2 rings (SSSR count). The predicted octanol–water partition coefficient (Wildman–Crippen LogP) is 3.74. The zero-order chi connectivity index (χ0) is 13.8. The van der Waals surface area contributed by atoms with Crippen molar-refractivity contribution >= 4 is 23.2 Å². The van der Waals surface area contributed by atoms with E-state index in [4.69, 9.17) is 32.7 Å². The molecule has 0 bridgehead atoms. The molecule has 0 radical (unpaired) electrons. The second-order valence-corrected chi connectivity index (χ2v) is 4.64. The van der Waals surface area contributed by atoms with E-state index in [9.17, 15) is 0 Å². The second kappa shape index (κ2) is 6.30. The number of hydrogen-bond acceptors (Lipinski definition) is 4. The van der Waals surface area contributed by atoms with Gasteiger partial charge in [0.2, 0.25) is 6.29 Å². The van der Waals surface area contributed by atoms with Crippen LogP contribution in [-0.4, -0.2) is 24.2 Å². The summed E-state index contributed by atoms with van der Waals surface area (Å²) in [7, 11) is 3.10. The Labute approximate surface area is 121 Å². The Bertz CT molecular complexity index is 554. The molecule has 0 aliphatic carbocycles. The molecule has 1 aromatic heterocycles. The standard InChI is InChI=1S/C13H12Cl2N2O2/c1-18-13(19-2)11-3-4-16-12(17-11)8-5-9(14)7-10(15)6-8/h3-7,13H,1-2H3. The first kappa shape index (κ1) is 14.2. The van der Waals surface area contributed by atoms with Crippen molar-refractivity contribution in [3.63, 3.8) is 0 Å². The van der Waals surface area contributed by atoms with Gasteiger partial charge >= 0.3 is 0 Å². The number of halogens is 2. The maximum atomic E-state index is 5.97. The van der Waals surface area contributed by atoms with Gasteiger partial charge in [0.05, 0.1) is 0 Å². The van der Waals surface area contributed by atoms with Gasteiger partial charge in [0.25, 0.3) is 0 Å². The lowest BCUT2D eigenvalue weighted by Gasteiger charge is -2.13. The van der Waals surface area contributed by atoms with Crippen LogP contribution in [-0.2, 0) is 9.47 Å². The number of ether oxygens (including phenoxy) is 2. The van der Waals surface area contributed by atoms with E-state index < -0.39 is 6.29 Å². The number of benzene rings is 1. The summed E-state index contributed by atoms with van der Waals surface area (Å²) in [4.78, 5) is 8.59. The molecule has 1 heterocycles. The molecule has 2 aromatic rings. The molecule has 0 aliphatic rings. The van der Waals surface area contributed by atoms with Gasteiger partial charge in [0.1, 0.15) is 5.69 Å². The summed E-state index contributed by atoms with van der Waals surface area (Å²) >= 11 is 11.9. The fourth-order valence-electron chi connectivity index (χ4n) is 1.66. The Morgan fingerprint density at radius 3 is 2.26 bits per heavy atom. The summed E-state index contributed by atoms with van der Waals surface area (Å²) < 4.78 is 10.3. The highest BCUT2D eigenvalue weighted by Gasteiger charge is 2.12. The summed E-state index contributed by atoms with van der Waals surface area (Å²) in [5.41, 5.74) is 1.37. The molecular weight excluding hydrogens is 287 g/mol. The lowest BCUT2D eigenvalue weighted by atomic mass is 10.2. The van der Waals surface area contributed by atoms with Crippen molar-refractivity contribution in [2.45, 2.75) is 6.29 Å². The van der Waals surface area contributed by atoms with Crippen molar-refractivity contribution < 1.29 is 9.47 Å². The molecule has 0 saturated carbocycles. The van der Waals surface area contributed by atoms with E-state index in [1.165, 1.54) is 0 Å². The molecule has 4 nitrogen and oxygen atoms in total. The number of nitrogens with zero attached hydrogens (tertiary/aromatic N) is 2. The van der Waals surface area contributed by atoms with Gasteiger partial charge in [-0.1, -0.05) is 23.2 Å². The minimum Gasteiger partial charge on any atom is -0.350 e. The van der Waals surface area contributed by atoms with Gasteiger partial charge in [-0.3, -0.25) is 0 Å². The van der Waals surface area contributed by atoms with Gasteiger partial charge in [-0.05, 0) is 24.3 Å². The predicted molar refractivity (Wildman–Crippen MR) is 74.2 cm³/mol. The van der Waals surface area contributed by atoms with E-state index >= 15 is 0 Å². The fraction of sp³-hybridized carbons (Fsp3) is 0.231. The molecule has 0 aliphatic heterocycles. The number of hydrogen-bond donors (Lipinski definition) is 0. The summed E-state index contributed by atoms with van der Waals surface area (Å²) in [6.45, 7) is 0. The highest BCUT2D eigenvalue weighted by atomic mass is 35.5. The molecule has 0 amide bonds. The minimum atomic E-state index is -0.531. The van der Waals surface area contributed by atoms with Crippen LogP contribution in [0.15, 0.2) is 30.5 Å². The Morgan fingerprint density at radius 2 is 1.68 bits per heavy atom. The SMILES string of the molecule is COC(OC)c1ccnc(-c2cc(Cl)cc(Cl)c2)n1. The van der Waals surface area contributed by atoms with Gasteiger partial charge < -0.3 is 9.47 Å². The maximum Gasteiger partial charge on any atom is 0.200 e. The van der Waals surface area contributed by atoms with E-state index in [2.05, 4.69) is 9.97 Å². The van der Waals surface area contributed by atoms with Crippen LogP contribution in [0.2, 0.25) is 10.0 Å². The van der Waals surface area contributed by atoms with Crippen LogP contribution in [0.1, 0.15) is 12.0 Å². The van der Waals surface area contributed by atoms with Crippen molar-refractivity contribution in [3.8, 4) is 11.4 Å². The molecule has 0 fully saturated rings. The molecule has 19 heavy (non-hydrogen) atoms. The topological polar surface area (TPSA) is 44.2 Å². The highest BCUT2D eigenvalue weighted by molar-refractivity contribution is 6.35. The van der Waals surface area contributed by atoms with Gasteiger partial charge in [-0.25, -0.2) is 9.97 Å². The van der Waals surface area contributed by atoms with E-state index in [1.807, 2.05) is 0 Å². The van der Waals surface area contributed by atoms with Crippen LogP contribution < -0.4 is 0 Å². The Kier molecular flexibility index (Phi) is 4.71. The Balaban J connectivity index is 2.42. The quantitative estimate of drug-likeness (QED) is 0.807. The van der Waals surface area contributed by atoms with Crippen molar-refractivity contribution in [2.75, 3.05) is 14.2 Å². The van der Waals surface area contributed by atoms with Crippen molar-refractivity contribution in [2.24, 2.45) is 0 Å². The molecule has 0 unspecified atom stereocenters. The molecule has 0 saturated heterocycles. The van der Waals surface area contributed by atoms with Crippen LogP contribution in [0.3, 0.4) is 0 Å². The summed E-state index contributed by atoms with van der Waals surface area (Å²) in [5.74, 6) is 0.515. The first-order valence-electron chi connectivity index (χ1n) is 5.49. The molecule has 1 aromatic carbocycles. The molecule has 0 spiro atoms. The van der Waals surface area contributed by atoms with Crippen LogP contribution in [0.5, 0.6) is 0 Å². The van der Waals surface area contributed by atoms with E-state index in [0.29, 0.717) is 21.6 Å². The van der Waals surface area contributed by atoms with E-state index in [1.54, 1.807) is 44.7 Å². The third kappa shape index (κ3) is 3.42. The number of rotatable bonds is 4. The molecule has 0 N–H and O–H groups in total. The smallest absolute Gasteiger partial charge is 0.200 e. The first-order valence-corrected chi connectivity index (χ1v) is 6.24. The second-order valence-electron chi connectivity index (χ2n) is 3.77. The molecular formula is C13H12Cl2N2O2. The monoisotopic (exact) mass is 298 g/mol. The van der Waals surface area contributed by atoms with Gasteiger partial charge in [0.15, 0.2) is 5.82 Å². The number of methoxy groups -OCH3 is 2. The summed E-state index contributed by atoms with van der Waals surface area (Å²) in [5, 5.41) is 1.07. The van der Waals surface area contributed by atoms with Crippen LogP contribution >= 0.6 is 23.2 Å². The average Bonchev–Trinajstić information content (AvgIpc) is 2.39. The first-order chi connectivity index (χ1) is 9.13. The van der Waals surface area contributed by atoms with Crippen molar-refractivity contribution in [1.29, 1.82) is 0 Å². The molecule has 6 heteroatoms. The van der Waals surface area contributed by atoms with Crippen LogP contribution in [0.25, 0.3) is 11.4 Å². The summed E-state index contributed by atoms with van der Waals surface area (Å²) in [6, 6.07) is 6.89. The lowest BCUT2D eigenvalue weighted by molar-refractivity contribution is -0.108. The van der Waals surface area contributed by atoms with Crippen LogP contribution in [0, 0.1) is 0 Å². The minimum absolute atomic E-state index is 0.515. The summed E-state index contributed by atoms with van der Waals surface area (Å²) in [6.07, 6.45) is 1.11. The van der Waals surface area contributed by atoms with Crippen LogP contribution in [0.4, 0.5) is 0 Å². The van der Waals surface area contributed by atoms with Gasteiger partial charge in [-0.2, -0.15) is 0 Å². The third-order valence-corrected chi connectivity index (χ3v) is 2.90. The van der Waals surface area contributed by atoms with Crippen molar-refractivity contribution in [3.05, 3.63) is 46.2 Å². The molecule has 0 atom stereocenters. The lowest BCUT2D eigenvalue weighted by Crippen LogP contribution is -2.07. The van der Waals surface area contributed by atoms with Gasteiger partial charge in [-0.15, -0.1) is 0 Å². The fourth-order valence-corrected chi connectivity index (χ4v) is 2.19. The average molecular weight is 299 g/mol. The van der Waals surface area contributed by atoms with E-state index in [0.717, 1.165) is 5.56 Å². The van der Waals surface area contributed by atoms with E-state index in [-0.39, 0.29) is 0 Å². The highest BCUT2D eigenvalue weighted by Crippen LogP contribution is 2.26.